The molecule has 1 aromatic heterocycles. The molecule has 0 radical (unpaired) electrons. The van der Waals surface area contributed by atoms with Gasteiger partial charge in [-0.1, -0.05) is 25.8 Å². The zero-order valence-corrected chi connectivity index (χ0v) is 11.8. The maximum absolute atomic E-state index is 12.4. The Morgan fingerprint density at radius 3 is 2.63 bits per heavy atom. The summed E-state index contributed by atoms with van der Waals surface area (Å²) >= 11 is 1.35. The van der Waals surface area contributed by atoms with Gasteiger partial charge in [0.2, 0.25) is 5.91 Å². The first-order chi connectivity index (χ1) is 9.09. The van der Waals surface area contributed by atoms with Gasteiger partial charge in [0, 0.05) is 10.3 Å². The average Bonchev–Trinajstić information content (AvgIpc) is 3.06. The largest absolute Gasteiger partial charge is 0.479 e. The molecule has 19 heavy (non-hydrogen) atoms. The molecule has 1 aliphatic carbocycles. The van der Waals surface area contributed by atoms with Gasteiger partial charge in [-0.15, -0.1) is 11.3 Å². The van der Waals surface area contributed by atoms with Crippen molar-refractivity contribution in [2.75, 3.05) is 0 Å². The molecule has 1 heterocycles. The quantitative estimate of drug-likeness (QED) is 0.872. The summed E-state index contributed by atoms with van der Waals surface area (Å²) in [4.78, 5) is 24.4. The van der Waals surface area contributed by atoms with Gasteiger partial charge in [0.05, 0.1) is 0 Å². The normalized spacial score (nSPS) is 19.0. The fourth-order valence-electron chi connectivity index (χ4n) is 2.79. The molecular formula is C14H19NO3S. The Labute approximate surface area is 116 Å². The Hall–Kier alpha value is -1.36. The number of thiophene rings is 1. The minimum Gasteiger partial charge on any atom is -0.479 e. The molecule has 1 aliphatic rings. The van der Waals surface area contributed by atoms with Crippen molar-refractivity contribution in [3.8, 4) is 0 Å². The van der Waals surface area contributed by atoms with Gasteiger partial charge < -0.3 is 10.4 Å². The minimum atomic E-state index is -1.000. The van der Waals surface area contributed by atoms with E-state index in [0.29, 0.717) is 4.88 Å². The number of carboxylic acids is 1. The topological polar surface area (TPSA) is 66.4 Å². The molecule has 0 saturated heterocycles. The van der Waals surface area contributed by atoms with Crippen molar-refractivity contribution in [3.63, 3.8) is 0 Å². The standard InChI is InChI=1S/C14H19NO3S/c1-2-14(7-3-4-8-14)13(18)15-11(12(16)17)10-6-5-9-19-10/h5-6,9,11H,2-4,7-8H2,1H3,(H,15,18)(H,16,17). The molecule has 1 saturated carbocycles. The van der Waals surface area contributed by atoms with E-state index < -0.39 is 12.0 Å². The third kappa shape index (κ3) is 2.81. The molecule has 104 valence electrons. The van der Waals surface area contributed by atoms with Crippen molar-refractivity contribution in [2.24, 2.45) is 5.41 Å². The molecule has 2 N–H and O–H groups in total. The second-order valence-electron chi connectivity index (χ2n) is 5.10. The van der Waals surface area contributed by atoms with E-state index in [1.54, 1.807) is 12.1 Å². The summed E-state index contributed by atoms with van der Waals surface area (Å²) in [6.45, 7) is 2.01. The Balaban J connectivity index is 2.13. The fraction of sp³-hybridized carbons (Fsp3) is 0.571. The Bertz CT molecular complexity index is 449. The van der Waals surface area contributed by atoms with E-state index >= 15 is 0 Å². The molecule has 0 spiro atoms. The van der Waals surface area contributed by atoms with Gasteiger partial charge in [0.1, 0.15) is 0 Å². The molecule has 4 nitrogen and oxygen atoms in total. The highest BCUT2D eigenvalue weighted by Gasteiger charge is 2.41. The summed E-state index contributed by atoms with van der Waals surface area (Å²) < 4.78 is 0. The highest BCUT2D eigenvalue weighted by atomic mass is 32.1. The molecule has 5 heteroatoms. The summed E-state index contributed by atoms with van der Waals surface area (Å²) in [5.74, 6) is -1.10. The van der Waals surface area contributed by atoms with Gasteiger partial charge in [0.15, 0.2) is 6.04 Å². The molecule has 1 aromatic rings. The molecule has 0 aliphatic heterocycles. The van der Waals surface area contributed by atoms with E-state index in [2.05, 4.69) is 5.32 Å². The average molecular weight is 281 g/mol. The number of nitrogens with one attached hydrogen (secondary N) is 1. The van der Waals surface area contributed by atoms with E-state index in [4.69, 9.17) is 0 Å². The SMILES string of the molecule is CCC1(C(=O)NC(C(=O)O)c2cccs2)CCCC1. The molecule has 1 amide bonds. The summed E-state index contributed by atoms with van der Waals surface area (Å²) in [6.07, 6.45) is 4.61. The molecule has 1 atom stereocenters. The van der Waals surface area contributed by atoms with Crippen molar-refractivity contribution in [2.45, 2.75) is 45.1 Å². The van der Waals surface area contributed by atoms with Crippen LogP contribution in [0.5, 0.6) is 0 Å². The highest BCUT2D eigenvalue weighted by molar-refractivity contribution is 7.10. The lowest BCUT2D eigenvalue weighted by molar-refractivity contribution is -0.144. The van der Waals surface area contributed by atoms with Crippen LogP contribution in [-0.2, 0) is 9.59 Å². The number of carbonyl (C=O) groups excluding carboxylic acids is 1. The van der Waals surface area contributed by atoms with Crippen molar-refractivity contribution in [1.82, 2.24) is 5.32 Å². The van der Waals surface area contributed by atoms with Gasteiger partial charge in [0.25, 0.3) is 0 Å². The first kappa shape index (κ1) is 14.1. The lowest BCUT2D eigenvalue weighted by atomic mass is 9.82. The van der Waals surface area contributed by atoms with Crippen LogP contribution in [0.2, 0.25) is 0 Å². The van der Waals surface area contributed by atoms with E-state index in [0.717, 1.165) is 32.1 Å². The van der Waals surface area contributed by atoms with Crippen LogP contribution < -0.4 is 5.32 Å². The van der Waals surface area contributed by atoms with Crippen molar-refractivity contribution in [1.29, 1.82) is 0 Å². The van der Waals surface area contributed by atoms with Gasteiger partial charge in [-0.2, -0.15) is 0 Å². The number of amides is 1. The minimum absolute atomic E-state index is 0.103. The van der Waals surface area contributed by atoms with Crippen molar-refractivity contribution >= 4 is 23.2 Å². The monoisotopic (exact) mass is 281 g/mol. The second kappa shape index (κ2) is 5.74. The number of rotatable bonds is 5. The number of aliphatic carboxylic acids is 1. The van der Waals surface area contributed by atoms with Crippen LogP contribution in [0.15, 0.2) is 17.5 Å². The Morgan fingerprint density at radius 1 is 1.47 bits per heavy atom. The zero-order chi connectivity index (χ0) is 13.9. The van der Waals surface area contributed by atoms with Crippen LogP contribution in [0, 0.1) is 5.41 Å². The fourth-order valence-corrected chi connectivity index (χ4v) is 3.55. The third-order valence-corrected chi connectivity index (χ3v) is 5.01. The van der Waals surface area contributed by atoms with E-state index in [1.807, 2.05) is 12.3 Å². The molecule has 0 bridgehead atoms. The lowest BCUT2D eigenvalue weighted by Gasteiger charge is -2.27. The van der Waals surface area contributed by atoms with Gasteiger partial charge in [-0.25, -0.2) is 4.79 Å². The predicted octanol–water partition coefficient (Wildman–Crippen LogP) is 2.96. The van der Waals surface area contributed by atoms with Crippen molar-refractivity contribution in [3.05, 3.63) is 22.4 Å². The smallest absolute Gasteiger partial charge is 0.331 e. The van der Waals surface area contributed by atoms with Crippen LogP contribution in [0.4, 0.5) is 0 Å². The lowest BCUT2D eigenvalue weighted by Crippen LogP contribution is -2.42. The number of hydrogen-bond donors (Lipinski definition) is 2. The van der Waals surface area contributed by atoms with E-state index in [9.17, 15) is 14.7 Å². The zero-order valence-electron chi connectivity index (χ0n) is 11.0. The van der Waals surface area contributed by atoms with Crippen LogP contribution in [0.25, 0.3) is 0 Å². The second-order valence-corrected chi connectivity index (χ2v) is 6.08. The Morgan fingerprint density at radius 2 is 2.16 bits per heavy atom. The Kier molecular flexibility index (Phi) is 4.24. The first-order valence-corrected chi connectivity index (χ1v) is 7.54. The van der Waals surface area contributed by atoms with Gasteiger partial charge in [-0.05, 0) is 30.7 Å². The number of carboxylic acid groups (broad SMARTS) is 1. The molecular weight excluding hydrogens is 262 g/mol. The van der Waals surface area contributed by atoms with Gasteiger partial charge in [-0.3, -0.25) is 4.79 Å². The highest BCUT2D eigenvalue weighted by Crippen LogP contribution is 2.41. The third-order valence-electron chi connectivity index (χ3n) is 4.07. The molecule has 1 unspecified atom stereocenters. The van der Waals surface area contributed by atoms with E-state index in [-0.39, 0.29) is 11.3 Å². The van der Waals surface area contributed by atoms with Crippen LogP contribution in [0.3, 0.4) is 0 Å². The summed E-state index contributed by atoms with van der Waals surface area (Å²) in [6, 6.07) is 2.63. The molecule has 0 aromatic carbocycles. The summed E-state index contributed by atoms with van der Waals surface area (Å²) in [5.41, 5.74) is -0.356. The summed E-state index contributed by atoms with van der Waals surface area (Å²) in [7, 11) is 0. The predicted molar refractivity (Wildman–Crippen MR) is 74.0 cm³/mol. The first-order valence-electron chi connectivity index (χ1n) is 6.66. The van der Waals surface area contributed by atoms with Crippen molar-refractivity contribution < 1.29 is 14.7 Å². The van der Waals surface area contributed by atoms with Crippen LogP contribution in [-0.4, -0.2) is 17.0 Å². The molecule has 2 rings (SSSR count). The summed E-state index contributed by atoms with van der Waals surface area (Å²) in [5, 5.41) is 13.8. The maximum Gasteiger partial charge on any atom is 0.331 e. The number of carbonyl (C=O) groups is 2. The van der Waals surface area contributed by atoms with E-state index in [1.165, 1.54) is 11.3 Å². The van der Waals surface area contributed by atoms with Gasteiger partial charge >= 0.3 is 5.97 Å². The molecule has 1 fully saturated rings. The maximum atomic E-state index is 12.4. The van der Waals surface area contributed by atoms with Crippen LogP contribution in [0.1, 0.15) is 49.9 Å². The van der Waals surface area contributed by atoms with Crippen LogP contribution >= 0.6 is 11.3 Å². The number of hydrogen-bond acceptors (Lipinski definition) is 3.